The van der Waals surface area contributed by atoms with Crippen molar-refractivity contribution in [2.45, 2.75) is 38.0 Å². The van der Waals surface area contributed by atoms with Crippen molar-refractivity contribution in [1.29, 1.82) is 0 Å². The molecule has 0 spiro atoms. The Morgan fingerprint density at radius 2 is 2.25 bits per heavy atom. The fourth-order valence-corrected chi connectivity index (χ4v) is 2.26. The predicted molar refractivity (Wildman–Crippen MR) is 59.2 cm³/mol. The summed E-state index contributed by atoms with van der Waals surface area (Å²) in [5, 5.41) is 0. The fourth-order valence-electron chi connectivity index (χ4n) is 2.26. The van der Waals surface area contributed by atoms with Gasteiger partial charge in [-0.25, -0.2) is 8.78 Å². The van der Waals surface area contributed by atoms with Crippen LogP contribution in [-0.4, -0.2) is 12.5 Å². The summed E-state index contributed by atoms with van der Waals surface area (Å²) in [6.07, 6.45) is 0.557. The second-order valence-electron chi connectivity index (χ2n) is 4.30. The smallest absolute Gasteiger partial charge is 0.248 e. The van der Waals surface area contributed by atoms with Crippen LogP contribution in [0.25, 0.3) is 0 Å². The maximum absolute atomic E-state index is 13.1. The van der Waals surface area contributed by atoms with Gasteiger partial charge < -0.3 is 4.74 Å². The Labute approximate surface area is 94.4 Å². The Kier molecular flexibility index (Phi) is 3.13. The Morgan fingerprint density at radius 3 is 2.88 bits per heavy atom. The lowest BCUT2D eigenvalue weighted by Gasteiger charge is -2.12. The minimum atomic E-state index is -2.48. The number of ether oxygens (including phenoxy) is 1. The van der Waals surface area contributed by atoms with Crippen LogP contribution in [0.2, 0.25) is 0 Å². The maximum Gasteiger partial charge on any atom is 0.248 e. The zero-order valence-electron chi connectivity index (χ0n) is 9.38. The van der Waals surface area contributed by atoms with Crippen molar-refractivity contribution in [2.24, 2.45) is 0 Å². The van der Waals surface area contributed by atoms with Crippen molar-refractivity contribution in [3.63, 3.8) is 0 Å². The van der Waals surface area contributed by atoms with Gasteiger partial charge in [0.15, 0.2) is 0 Å². The molecule has 0 bridgehead atoms. The van der Waals surface area contributed by atoms with Crippen molar-refractivity contribution in [3.05, 3.63) is 29.8 Å². The molecule has 0 radical (unpaired) electrons. The molecule has 1 aromatic rings. The minimum Gasteiger partial charge on any atom is -0.494 e. The normalized spacial score (nSPS) is 23.3. The first-order chi connectivity index (χ1) is 7.61. The van der Waals surface area contributed by atoms with E-state index in [1.54, 1.807) is 0 Å². The van der Waals surface area contributed by atoms with Gasteiger partial charge in [0.2, 0.25) is 5.92 Å². The van der Waals surface area contributed by atoms with E-state index in [0.717, 1.165) is 11.3 Å². The molecule has 1 saturated carbocycles. The molecular weight excluding hydrogens is 210 g/mol. The van der Waals surface area contributed by atoms with E-state index in [2.05, 4.69) is 0 Å². The lowest BCUT2D eigenvalue weighted by atomic mass is 9.97. The molecule has 1 fully saturated rings. The summed E-state index contributed by atoms with van der Waals surface area (Å²) in [4.78, 5) is 0. The average Bonchev–Trinajstić information content (AvgIpc) is 2.60. The second-order valence-corrected chi connectivity index (χ2v) is 4.30. The molecule has 0 amide bonds. The molecular formula is C13H16F2O. The molecule has 88 valence electrons. The number of halogens is 2. The van der Waals surface area contributed by atoms with Crippen LogP contribution >= 0.6 is 0 Å². The molecule has 0 aromatic heterocycles. The summed E-state index contributed by atoms with van der Waals surface area (Å²) in [7, 11) is 0. The van der Waals surface area contributed by atoms with E-state index in [1.807, 2.05) is 31.2 Å². The Morgan fingerprint density at radius 1 is 1.44 bits per heavy atom. The monoisotopic (exact) mass is 226 g/mol. The second kappa shape index (κ2) is 4.40. The number of rotatable bonds is 3. The zero-order chi connectivity index (χ0) is 11.6. The number of benzene rings is 1. The van der Waals surface area contributed by atoms with E-state index in [1.165, 1.54) is 0 Å². The molecule has 0 saturated heterocycles. The Bertz CT molecular complexity index is 363. The first-order valence-electron chi connectivity index (χ1n) is 5.71. The fraction of sp³-hybridized carbons (Fsp3) is 0.538. The lowest BCUT2D eigenvalue weighted by molar-refractivity contribution is 0.00776. The quantitative estimate of drug-likeness (QED) is 0.757. The highest BCUT2D eigenvalue weighted by molar-refractivity contribution is 5.31. The summed E-state index contributed by atoms with van der Waals surface area (Å²) in [5.74, 6) is -1.72. The van der Waals surface area contributed by atoms with Crippen LogP contribution in [0.3, 0.4) is 0 Å². The van der Waals surface area contributed by atoms with Crippen LogP contribution in [-0.2, 0) is 0 Å². The highest BCUT2D eigenvalue weighted by Crippen LogP contribution is 2.44. The summed E-state index contributed by atoms with van der Waals surface area (Å²) in [5.41, 5.74) is 0.975. The molecule has 1 aromatic carbocycles. The molecule has 0 heterocycles. The van der Waals surface area contributed by atoms with Gasteiger partial charge in [-0.3, -0.25) is 0 Å². The van der Waals surface area contributed by atoms with E-state index in [9.17, 15) is 8.78 Å². The SMILES string of the molecule is CCOc1cccc(C2CCC(F)(F)C2)c1. The molecule has 1 nitrogen and oxygen atoms in total. The third kappa shape index (κ3) is 2.52. The maximum atomic E-state index is 13.1. The third-order valence-electron chi connectivity index (χ3n) is 3.04. The third-order valence-corrected chi connectivity index (χ3v) is 3.04. The topological polar surface area (TPSA) is 9.23 Å². The summed E-state index contributed by atoms with van der Waals surface area (Å²) < 4.78 is 31.6. The van der Waals surface area contributed by atoms with Crippen molar-refractivity contribution in [2.75, 3.05) is 6.61 Å². The minimum absolute atomic E-state index is 0.0104. The average molecular weight is 226 g/mol. The largest absolute Gasteiger partial charge is 0.494 e. The Hall–Kier alpha value is -1.12. The molecule has 1 aliphatic carbocycles. The van der Waals surface area contributed by atoms with Crippen LogP contribution in [0.15, 0.2) is 24.3 Å². The van der Waals surface area contributed by atoms with Crippen molar-refractivity contribution in [3.8, 4) is 5.75 Å². The van der Waals surface area contributed by atoms with Gasteiger partial charge in [0.25, 0.3) is 0 Å². The number of alkyl halides is 2. The van der Waals surface area contributed by atoms with E-state index in [0.29, 0.717) is 13.0 Å². The zero-order valence-corrected chi connectivity index (χ0v) is 9.38. The van der Waals surface area contributed by atoms with Gasteiger partial charge >= 0.3 is 0 Å². The molecule has 0 N–H and O–H groups in total. The van der Waals surface area contributed by atoms with E-state index in [4.69, 9.17) is 4.74 Å². The van der Waals surface area contributed by atoms with Gasteiger partial charge in [-0.2, -0.15) is 0 Å². The first-order valence-corrected chi connectivity index (χ1v) is 5.71. The van der Waals surface area contributed by atoms with E-state index < -0.39 is 5.92 Å². The first kappa shape index (κ1) is 11.4. The summed E-state index contributed by atoms with van der Waals surface area (Å²) in [6.45, 7) is 2.51. The van der Waals surface area contributed by atoms with Gasteiger partial charge in [0.1, 0.15) is 5.75 Å². The number of hydrogen-bond acceptors (Lipinski definition) is 1. The molecule has 2 rings (SSSR count). The highest BCUT2D eigenvalue weighted by Gasteiger charge is 2.39. The van der Waals surface area contributed by atoms with Gasteiger partial charge in [-0.1, -0.05) is 12.1 Å². The highest BCUT2D eigenvalue weighted by atomic mass is 19.3. The van der Waals surface area contributed by atoms with Crippen molar-refractivity contribution in [1.82, 2.24) is 0 Å². The van der Waals surface area contributed by atoms with Gasteiger partial charge in [-0.15, -0.1) is 0 Å². The summed E-state index contributed by atoms with van der Waals surface area (Å²) in [6, 6.07) is 7.53. The molecule has 1 atom stereocenters. The van der Waals surface area contributed by atoms with Gasteiger partial charge in [-0.05, 0) is 37.0 Å². The molecule has 0 aliphatic heterocycles. The summed E-state index contributed by atoms with van der Waals surface area (Å²) >= 11 is 0. The van der Waals surface area contributed by atoms with Crippen molar-refractivity contribution >= 4 is 0 Å². The Balaban J connectivity index is 2.12. The standard InChI is InChI=1S/C13H16F2O/c1-2-16-12-5-3-4-10(8-12)11-6-7-13(14,15)9-11/h3-5,8,11H,2,6-7,9H2,1H3. The molecule has 3 heteroatoms. The van der Waals surface area contributed by atoms with E-state index >= 15 is 0 Å². The van der Waals surface area contributed by atoms with Crippen LogP contribution in [0.1, 0.15) is 37.7 Å². The van der Waals surface area contributed by atoms with Crippen LogP contribution in [0.4, 0.5) is 8.78 Å². The van der Waals surface area contributed by atoms with Crippen LogP contribution in [0.5, 0.6) is 5.75 Å². The van der Waals surface area contributed by atoms with Gasteiger partial charge in [0.05, 0.1) is 6.61 Å². The molecule has 1 aliphatic rings. The van der Waals surface area contributed by atoms with Crippen LogP contribution < -0.4 is 4.74 Å². The predicted octanol–water partition coefficient (Wildman–Crippen LogP) is 3.99. The van der Waals surface area contributed by atoms with Gasteiger partial charge in [0, 0.05) is 12.8 Å². The molecule has 1 unspecified atom stereocenters. The van der Waals surface area contributed by atoms with E-state index in [-0.39, 0.29) is 18.8 Å². The van der Waals surface area contributed by atoms with Crippen molar-refractivity contribution < 1.29 is 13.5 Å². The number of hydrogen-bond donors (Lipinski definition) is 0. The van der Waals surface area contributed by atoms with Crippen LogP contribution in [0, 0.1) is 0 Å². The lowest BCUT2D eigenvalue weighted by Crippen LogP contribution is -2.09. The molecule has 16 heavy (non-hydrogen) atoms.